The lowest BCUT2D eigenvalue weighted by molar-refractivity contribution is -0.133. The first-order valence-electron chi connectivity index (χ1n) is 7.93. The molecule has 1 aliphatic heterocycles. The second-order valence-corrected chi connectivity index (χ2v) is 5.99. The number of likely N-dealkylation sites (tertiary alicyclic amines) is 1. The van der Waals surface area contributed by atoms with E-state index in [4.69, 9.17) is 5.73 Å². The topological polar surface area (TPSA) is 75.4 Å². The number of hydrogen-bond acceptors (Lipinski definition) is 3. The van der Waals surface area contributed by atoms with Gasteiger partial charge in [0.05, 0.1) is 0 Å². The molecule has 0 bridgehead atoms. The number of aryl methyl sites for hydroxylation is 1. The third-order valence-corrected chi connectivity index (χ3v) is 4.34. The number of nitrogens with zero attached hydrogens (tertiary/aromatic N) is 1. The van der Waals surface area contributed by atoms with Gasteiger partial charge in [-0.15, -0.1) is 0 Å². The summed E-state index contributed by atoms with van der Waals surface area (Å²) >= 11 is 0. The van der Waals surface area contributed by atoms with Crippen molar-refractivity contribution in [3.63, 3.8) is 0 Å². The first-order chi connectivity index (χ1) is 10.4. The number of nitrogen functional groups attached to an aromatic ring is 1. The Balaban J connectivity index is 2.03. The molecule has 1 aromatic rings. The van der Waals surface area contributed by atoms with Crippen LogP contribution in [0.2, 0.25) is 0 Å². The van der Waals surface area contributed by atoms with Gasteiger partial charge in [0.2, 0.25) is 5.91 Å². The van der Waals surface area contributed by atoms with Gasteiger partial charge in [-0.25, -0.2) is 0 Å². The lowest BCUT2D eigenvalue weighted by atomic mass is 10.1. The van der Waals surface area contributed by atoms with E-state index >= 15 is 0 Å². The molecule has 1 aliphatic rings. The highest BCUT2D eigenvalue weighted by atomic mass is 16.2. The lowest BCUT2D eigenvalue weighted by Gasteiger charge is -2.25. The van der Waals surface area contributed by atoms with Crippen LogP contribution < -0.4 is 11.1 Å². The van der Waals surface area contributed by atoms with E-state index in [1.54, 1.807) is 25.1 Å². The molecule has 2 atom stereocenters. The molecule has 1 saturated heterocycles. The van der Waals surface area contributed by atoms with Gasteiger partial charge in [0, 0.05) is 23.8 Å². The molecule has 22 heavy (non-hydrogen) atoms. The molecular formula is C17H25N3O2. The molecule has 0 aliphatic carbocycles. The Morgan fingerprint density at radius 2 is 2.18 bits per heavy atom. The van der Waals surface area contributed by atoms with E-state index in [1.807, 2.05) is 18.7 Å². The predicted molar refractivity (Wildman–Crippen MR) is 87.6 cm³/mol. The Morgan fingerprint density at radius 1 is 1.45 bits per heavy atom. The minimum Gasteiger partial charge on any atom is -0.399 e. The Hall–Kier alpha value is -2.04. The molecule has 2 amide bonds. The van der Waals surface area contributed by atoms with Gasteiger partial charge in [0.1, 0.15) is 6.04 Å². The van der Waals surface area contributed by atoms with Crippen molar-refractivity contribution in [2.45, 2.75) is 52.1 Å². The van der Waals surface area contributed by atoms with Gasteiger partial charge in [-0.3, -0.25) is 9.59 Å². The Labute approximate surface area is 131 Å². The maximum atomic E-state index is 12.4. The smallest absolute Gasteiger partial charge is 0.251 e. The summed E-state index contributed by atoms with van der Waals surface area (Å²) in [4.78, 5) is 26.6. The van der Waals surface area contributed by atoms with Gasteiger partial charge < -0.3 is 16.0 Å². The molecule has 2 rings (SSSR count). The Morgan fingerprint density at radius 3 is 2.77 bits per heavy atom. The van der Waals surface area contributed by atoms with E-state index in [0.717, 1.165) is 31.4 Å². The average Bonchev–Trinajstić information content (AvgIpc) is 2.92. The van der Waals surface area contributed by atoms with Gasteiger partial charge in [-0.2, -0.15) is 0 Å². The molecule has 0 unspecified atom stereocenters. The number of rotatable bonds is 4. The predicted octanol–water partition coefficient (Wildman–Crippen LogP) is 1.96. The molecule has 1 aromatic carbocycles. The number of nitrogens with two attached hydrogens (primary N) is 1. The van der Waals surface area contributed by atoms with Crippen LogP contribution in [0.3, 0.4) is 0 Å². The van der Waals surface area contributed by atoms with Crippen molar-refractivity contribution in [2.24, 2.45) is 0 Å². The quantitative estimate of drug-likeness (QED) is 0.835. The monoisotopic (exact) mass is 303 g/mol. The Bertz CT molecular complexity index is 571. The molecule has 3 N–H and O–H groups in total. The van der Waals surface area contributed by atoms with Crippen molar-refractivity contribution in [3.05, 3.63) is 29.3 Å². The van der Waals surface area contributed by atoms with E-state index in [1.165, 1.54) is 0 Å². The van der Waals surface area contributed by atoms with Crippen LogP contribution in [0.4, 0.5) is 5.69 Å². The van der Waals surface area contributed by atoms with Crippen molar-refractivity contribution < 1.29 is 9.59 Å². The van der Waals surface area contributed by atoms with Crippen molar-refractivity contribution in [1.82, 2.24) is 10.2 Å². The van der Waals surface area contributed by atoms with Crippen LogP contribution in [-0.4, -0.2) is 35.3 Å². The number of amides is 2. The number of carbonyl (C=O) groups excluding carboxylic acids is 2. The molecule has 1 heterocycles. The van der Waals surface area contributed by atoms with Crippen LogP contribution in [0.25, 0.3) is 0 Å². The number of benzene rings is 1. The van der Waals surface area contributed by atoms with Gasteiger partial charge in [-0.05, 0) is 56.9 Å². The molecule has 5 heteroatoms. The first kappa shape index (κ1) is 16.3. The SMILES string of the molecule is CCc1cc(C(=O)N[C@@H](C)C(=O)N2CCC[C@H]2C)ccc1N. The largest absolute Gasteiger partial charge is 0.399 e. The van der Waals surface area contributed by atoms with E-state index in [0.29, 0.717) is 11.3 Å². The van der Waals surface area contributed by atoms with Crippen LogP contribution in [0.1, 0.15) is 49.5 Å². The summed E-state index contributed by atoms with van der Waals surface area (Å²) in [5.74, 6) is -0.244. The average molecular weight is 303 g/mol. The van der Waals surface area contributed by atoms with Gasteiger partial charge in [0.25, 0.3) is 5.91 Å². The second-order valence-electron chi connectivity index (χ2n) is 5.99. The van der Waals surface area contributed by atoms with Gasteiger partial charge >= 0.3 is 0 Å². The third kappa shape index (κ3) is 3.40. The highest BCUT2D eigenvalue weighted by molar-refractivity contribution is 5.98. The summed E-state index contributed by atoms with van der Waals surface area (Å²) in [5, 5.41) is 2.79. The van der Waals surface area contributed by atoms with E-state index < -0.39 is 6.04 Å². The molecule has 5 nitrogen and oxygen atoms in total. The molecule has 0 aromatic heterocycles. The number of anilines is 1. The second kappa shape index (κ2) is 6.81. The zero-order chi connectivity index (χ0) is 16.3. The fourth-order valence-corrected chi connectivity index (χ4v) is 2.90. The highest BCUT2D eigenvalue weighted by Gasteiger charge is 2.29. The maximum absolute atomic E-state index is 12.4. The van der Waals surface area contributed by atoms with Crippen molar-refractivity contribution in [1.29, 1.82) is 0 Å². The molecule has 0 radical (unpaired) electrons. The Kier molecular flexibility index (Phi) is 5.06. The number of nitrogens with one attached hydrogen (secondary N) is 1. The lowest BCUT2D eigenvalue weighted by Crippen LogP contribution is -2.48. The fraction of sp³-hybridized carbons (Fsp3) is 0.529. The minimum atomic E-state index is -0.518. The maximum Gasteiger partial charge on any atom is 0.251 e. The third-order valence-electron chi connectivity index (χ3n) is 4.34. The van der Waals surface area contributed by atoms with Crippen molar-refractivity contribution >= 4 is 17.5 Å². The highest BCUT2D eigenvalue weighted by Crippen LogP contribution is 2.18. The molecule has 120 valence electrons. The first-order valence-corrected chi connectivity index (χ1v) is 7.93. The van der Waals surface area contributed by atoms with Crippen LogP contribution in [0, 0.1) is 0 Å². The van der Waals surface area contributed by atoms with Crippen LogP contribution in [-0.2, 0) is 11.2 Å². The standard InChI is InChI=1S/C17H25N3O2/c1-4-13-10-14(7-8-15(13)18)16(21)19-12(3)17(22)20-9-5-6-11(20)2/h7-8,10-12H,4-6,9,18H2,1-3H3,(H,19,21)/t11-,12+/m1/s1. The summed E-state index contributed by atoms with van der Waals surface area (Å²) in [5.41, 5.74) is 8.03. The zero-order valence-electron chi connectivity index (χ0n) is 13.6. The van der Waals surface area contributed by atoms with Crippen LogP contribution in [0.15, 0.2) is 18.2 Å². The molecular weight excluding hydrogens is 278 g/mol. The van der Waals surface area contributed by atoms with Crippen LogP contribution >= 0.6 is 0 Å². The van der Waals surface area contributed by atoms with Crippen LogP contribution in [0.5, 0.6) is 0 Å². The van der Waals surface area contributed by atoms with E-state index in [9.17, 15) is 9.59 Å². The molecule has 0 spiro atoms. The van der Waals surface area contributed by atoms with Crippen molar-refractivity contribution in [3.8, 4) is 0 Å². The van der Waals surface area contributed by atoms with E-state index in [2.05, 4.69) is 5.32 Å². The normalized spacial score (nSPS) is 19.0. The summed E-state index contributed by atoms with van der Waals surface area (Å²) < 4.78 is 0. The minimum absolute atomic E-state index is 0.00971. The van der Waals surface area contributed by atoms with Gasteiger partial charge in [0.15, 0.2) is 0 Å². The molecule has 0 saturated carbocycles. The number of carbonyl (C=O) groups is 2. The van der Waals surface area contributed by atoms with Crippen molar-refractivity contribution in [2.75, 3.05) is 12.3 Å². The van der Waals surface area contributed by atoms with E-state index in [-0.39, 0.29) is 17.9 Å². The summed E-state index contributed by atoms with van der Waals surface area (Å²) in [6.45, 7) is 6.56. The summed E-state index contributed by atoms with van der Waals surface area (Å²) in [6, 6.07) is 4.97. The van der Waals surface area contributed by atoms with Gasteiger partial charge in [-0.1, -0.05) is 6.92 Å². The zero-order valence-corrected chi connectivity index (χ0v) is 13.6. The molecule has 1 fully saturated rings. The summed E-state index contributed by atoms with van der Waals surface area (Å²) in [6.07, 6.45) is 2.84. The summed E-state index contributed by atoms with van der Waals surface area (Å²) in [7, 11) is 0. The fourth-order valence-electron chi connectivity index (χ4n) is 2.90. The number of hydrogen-bond donors (Lipinski definition) is 2.